The van der Waals surface area contributed by atoms with Crippen LogP contribution in [0.1, 0.15) is 18.2 Å². The molecule has 0 N–H and O–H groups in total. The van der Waals surface area contributed by atoms with Crippen molar-refractivity contribution in [2.24, 2.45) is 0 Å². The average molecular weight is 319 g/mol. The molecule has 0 aliphatic carbocycles. The lowest BCUT2D eigenvalue weighted by Crippen LogP contribution is -2.29. The van der Waals surface area contributed by atoms with Crippen molar-refractivity contribution in [2.45, 2.75) is 18.6 Å². The summed E-state index contributed by atoms with van der Waals surface area (Å²) in [6.07, 6.45) is 0.705. The molecule has 2 aromatic rings. The molecule has 7 heteroatoms. The van der Waals surface area contributed by atoms with Crippen LogP contribution in [-0.4, -0.2) is 44.6 Å². The predicted octanol–water partition coefficient (Wildman–Crippen LogP) is 1.98. The molecule has 1 aliphatic rings. The van der Waals surface area contributed by atoms with Gasteiger partial charge in [-0.25, -0.2) is 0 Å². The molecule has 1 atom stereocenters. The van der Waals surface area contributed by atoms with E-state index in [1.807, 2.05) is 43.3 Å². The smallest absolute Gasteiger partial charge is 0.254 e. The molecule has 1 fully saturated rings. The Kier molecular flexibility index (Phi) is 4.49. The van der Waals surface area contributed by atoms with Gasteiger partial charge in [-0.1, -0.05) is 6.07 Å². The van der Waals surface area contributed by atoms with Crippen molar-refractivity contribution in [1.29, 1.82) is 0 Å². The molecule has 2 heterocycles. The lowest BCUT2D eigenvalue weighted by atomic mass is 10.0. The monoisotopic (exact) mass is 319 g/mol. The minimum Gasteiger partial charge on any atom is -0.484 e. The van der Waals surface area contributed by atoms with E-state index in [-0.39, 0.29) is 6.61 Å². The number of nitrogens with zero attached hydrogens (tertiary/aromatic N) is 3. The Morgan fingerprint density at radius 2 is 2.17 bits per heavy atom. The normalized spacial score (nSPS) is 20.7. The summed E-state index contributed by atoms with van der Waals surface area (Å²) < 4.78 is 22.4. The Hall–Kier alpha value is -2.12. The van der Waals surface area contributed by atoms with Crippen molar-refractivity contribution in [3.8, 4) is 5.75 Å². The molecule has 0 bridgehead atoms. The van der Waals surface area contributed by atoms with E-state index in [0.717, 1.165) is 11.4 Å². The van der Waals surface area contributed by atoms with Crippen LogP contribution in [0.3, 0.4) is 0 Å². The summed E-state index contributed by atoms with van der Waals surface area (Å²) in [5, 5.41) is 8.13. The van der Waals surface area contributed by atoms with E-state index in [4.69, 9.17) is 18.6 Å². The van der Waals surface area contributed by atoms with Crippen LogP contribution in [-0.2, 0) is 21.7 Å². The summed E-state index contributed by atoms with van der Waals surface area (Å²) >= 11 is 0. The Morgan fingerprint density at radius 3 is 2.87 bits per heavy atom. The number of rotatable bonds is 6. The SMILES string of the molecule is COC1(c2nnc(COc3cccc(N(C)C)c3)o2)CCOC1. The molecule has 1 saturated heterocycles. The molecule has 7 nitrogen and oxygen atoms in total. The van der Waals surface area contributed by atoms with Crippen LogP contribution in [0.15, 0.2) is 28.7 Å². The van der Waals surface area contributed by atoms with Gasteiger partial charge >= 0.3 is 0 Å². The third kappa shape index (κ3) is 3.30. The first-order chi connectivity index (χ1) is 11.1. The number of aromatic nitrogens is 2. The van der Waals surface area contributed by atoms with Crippen molar-refractivity contribution in [2.75, 3.05) is 39.3 Å². The third-order valence-corrected chi connectivity index (χ3v) is 3.93. The molecular formula is C16H21N3O4. The highest BCUT2D eigenvalue weighted by Gasteiger charge is 2.42. The highest BCUT2D eigenvalue weighted by Crippen LogP contribution is 2.33. The fourth-order valence-corrected chi connectivity index (χ4v) is 2.46. The Balaban J connectivity index is 1.67. The second-order valence-electron chi connectivity index (χ2n) is 5.68. The minimum absolute atomic E-state index is 0.213. The maximum Gasteiger partial charge on any atom is 0.254 e. The molecule has 0 radical (unpaired) electrons. The van der Waals surface area contributed by atoms with Gasteiger partial charge in [0.25, 0.3) is 11.8 Å². The summed E-state index contributed by atoms with van der Waals surface area (Å²) in [4.78, 5) is 2.01. The van der Waals surface area contributed by atoms with Gasteiger partial charge in [0.2, 0.25) is 0 Å². The minimum atomic E-state index is -0.629. The van der Waals surface area contributed by atoms with E-state index in [1.54, 1.807) is 7.11 Å². The van der Waals surface area contributed by atoms with Crippen LogP contribution in [0.4, 0.5) is 5.69 Å². The van der Waals surface area contributed by atoms with Gasteiger partial charge < -0.3 is 23.5 Å². The van der Waals surface area contributed by atoms with Crippen molar-refractivity contribution in [3.05, 3.63) is 36.0 Å². The standard InChI is InChI=1S/C16H21N3O4/c1-19(2)12-5-4-6-13(9-12)22-10-14-17-18-15(23-14)16(20-3)7-8-21-11-16/h4-6,9H,7-8,10-11H2,1-3H3. The zero-order valence-corrected chi connectivity index (χ0v) is 13.6. The lowest BCUT2D eigenvalue weighted by molar-refractivity contribution is -0.0420. The molecule has 23 heavy (non-hydrogen) atoms. The van der Waals surface area contributed by atoms with Crippen LogP contribution in [0.2, 0.25) is 0 Å². The van der Waals surface area contributed by atoms with Gasteiger partial charge in [-0.15, -0.1) is 10.2 Å². The summed E-state index contributed by atoms with van der Waals surface area (Å²) in [5.41, 5.74) is 0.436. The molecular weight excluding hydrogens is 298 g/mol. The van der Waals surface area contributed by atoms with Gasteiger partial charge in [0.05, 0.1) is 13.2 Å². The summed E-state index contributed by atoms with van der Waals surface area (Å²) in [6, 6.07) is 7.81. The van der Waals surface area contributed by atoms with E-state index in [2.05, 4.69) is 10.2 Å². The maximum atomic E-state index is 5.73. The molecule has 1 aromatic heterocycles. The number of benzene rings is 1. The Morgan fingerprint density at radius 1 is 1.30 bits per heavy atom. The average Bonchev–Trinajstić information content (AvgIpc) is 3.23. The van der Waals surface area contributed by atoms with E-state index in [9.17, 15) is 0 Å². The van der Waals surface area contributed by atoms with Crippen molar-refractivity contribution in [1.82, 2.24) is 10.2 Å². The number of ether oxygens (including phenoxy) is 3. The molecule has 3 rings (SSSR count). The van der Waals surface area contributed by atoms with Gasteiger partial charge in [0.1, 0.15) is 5.75 Å². The first-order valence-corrected chi connectivity index (χ1v) is 7.49. The molecule has 1 aliphatic heterocycles. The van der Waals surface area contributed by atoms with Crippen LogP contribution in [0.5, 0.6) is 5.75 Å². The molecule has 124 valence electrons. The fraction of sp³-hybridized carbons (Fsp3) is 0.500. The number of anilines is 1. The number of hydrogen-bond donors (Lipinski definition) is 0. The maximum absolute atomic E-state index is 5.73. The van der Waals surface area contributed by atoms with E-state index in [0.29, 0.717) is 31.4 Å². The van der Waals surface area contributed by atoms with Gasteiger partial charge in [-0.05, 0) is 12.1 Å². The highest BCUT2D eigenvalue weighted by atomic mass is 16.6. The third-order valence-electron chi connectivity index (χ3n) is 3.93. The van der Waals surface area contributed by atoms with Crippen LogP contribution in [0.25, 0.3) is 0 Å². The molecule has 1 aromatic carbocycles. The van der Waals surface area contributed by atoms with Crippen molar-refractivity contribution < 1.29 is 18.6 Å². The second kappa shape index (κ2) is 6.55. The predicted molar refractivity (Wildman–Crippen MR) is 83.5 cm³/mol. The van der Waals surface area contributed by atoms with E-state index in [1.165, 1.54) is 0 Å². The van der Waals surface area contributed by atoms with E-state index < -0.39 is 5.60 Å². The Bertz CT molecular complexity index is 650. The summed E-state index contributed by atoms with van der Waals surface area (Å²) in [7, 11) is 5.59. The highest BCUT2D eigenvalue weighted by molar-refractivity contribution is 5.49. The first-order valence-electron chi connectivity index (χ1n) is 7.49. The molecule has 0 amide bonds. The largest absolute Gasteiger partial charge is 0.484 e. The van der Waals surface area contributed by atoms with Gasteiger partial charge in [-0.3, -0.25) is 0 Å². The quantitative estimate of drug-likeness (QED) is 0.806. The van der Waals surface area contributed by atoms with Gasteiger partial charge in [0.15, 0.2) is 12.2 Å². The number of methoxy groups -OCH3 is 1. The van der Waals surface area contributed by atoms with Crippen LogP contribution < -0.4 is 9.64 Å². The molecule has 1 unspecified atom stereocenters. The van der Waals surface area contributed by atoms with Crippen molar-refractivity contribution >= 4 is 5.69 Å². The van der Waals surface area contributed by atoms with Crippen LogP contribution >= 0.6 is 0 Å². The van der Waals surface area contributed by atoms with E-state index >= 15 is 0 Å². The summed E-state index contributed by atoms with van der Waals surface area (Å²) in [6.45, 7) is 1.26. The van der Waals surface area contributed by atoms with Crippen molar-refractivity contribution in [3.63, 3.8) is 0 Å². The molecule has 0 spiro atoms. The summed E-state index contributed by atoms with van der Waals surface area (Å²) in [5.74, 6) is 1.61. The first kappa shape index (κ1) is 15.8. The number of hydrogen-bond acceptors (Lipinski definition) is 7. The zero-order valence-electron chi connectivity index (χ0n) is 13.6. The molecule has 0 saturated carbocycles. The lowest BCUT2D eigenvalue weighted by Gasteiger charge is -2.20. The topological polar surface area (TPSA) is 69.9 Å². The fourth-order valence-electron chi connectivity index (χ4n) is 2.46. The zero-order chi connectivity index (χ0) is 16.3. The van der Waals surface area contributed by atoms with Crippen LogP contribution in [0, 0.1) is 0 Å². The van der Waals surface area contributed by atoms with Gasteiger partial charge in [-0.2, -0.15) is 0 Å². The Labute approximate surface area is 135 Å². The second-order valence-corrected chi connectivity index (χ2v) is 5.68. The van der Waals surface area contributed by atoms with Gasteiger partial charge in [0, 0.05) is 39.4 Å².